The Balaban J connectivity index is 1.21. The highest BCUT2D eigenvalue weighted by molar-refractivity contribution is 7.89. The number of hydrogen-bond acceptors (Lipinski definition) is 8. The lowest BCUT2D eigenvalue weighted by Gasteiger charge is -2.36. The van der Waals surface area contributed by atoms with E-state index in [0.29, 0.717) is 67.5 Å². The highest BCUT2D eigenvalue weighted by Gasteiger charge is 2.39. The fourth-order valence-electron chi connectivity index (χ4n) is 6.31. The van der Waals surface area contributed by atoms with Gasteiger partial charge >= 0.3 is 6.18 Å². The minimum Gasteiger partial charge on any atom is -0.368 e. The van der Waals surface area contributed by atoms with Crippen LogP contribution in [-0.2, 0) is 27.4 Å². The van der Waals surface area contributed by atoms with E-state index in [0.717, 1.165) is 30.0 Å². The molecular formula is C36H35F4N5O4S. The minimum absolute atomic E-state index is 0.0143. The Morgan fingerprint density at radius 3 is 2.10 bits per heavy atom. The number of Topliss-reactive ketones (excluding diaryl/α,β-unsaturated/α-hetero) is 2. The number of nitrogens with zero attached hydrogens (tertiary/aromatic N) is 5. The molecule has 0 bridgehead atoms. The van der Waals surface area contributed by atoms with Gasteiger partial charge in [0.25, 0.3) is 0 Å². The van der Waals surface area contributed by atoms with Gasteiger partial charge in [-0.15, -0.1) is 0 Å². The van der Waals surface area contributed by atoms with E-state index in [9.17, 15) is 35.6 Å². The third-order valence-corrected chi connectivity index (χ3v) is 11.0. The molecule has 3 aromatic carbocycles. The number of halogens is 4. The summed E-state index contributed by atoms with van der Waals surface area (Å²) in [6, 6.07) is 17.3. The Morgan fingerprint density at radius 2 is 1.48 bits per heavy atom. The SMILES string of the molecule is CC(=O)c1ccc(N2CCN(c3nc(CCC(=O)[C@@H]4CCCN4S(=O)(=O)c4ccc(F)cc4)cc(-c4ccc(C(F)(F)F)cc4)n3)CC2)cc1. The van der Waals surface area contributed by atoms with E-state index in [4.69, 9.17) is 9.97 Å². The summed E-state index contributed by atoms with van der Waals surface area (Å²) < 4.78 is 81.1. The van der Waals surface area contributed by atoms with Crippen molar-refractivity contribution in [3.05, 3.63) is 102 Å². The van der Waals surface area contributed by atoms with Gasteiger partial charge in [-0.3, -0.25) is 9.59 Å². The van der Waals surface area contributed by atoms with Gasteiger partial charge in [-0.25, -0.2) is 22.8 Å². The maximum absolute atomic E-state index is 13.5. The molecule has 0 amide bonds. The van der Waals surface area contributed by atoms with Gasteiger partial charge in [0.1, 0.15) is 5.82 Å². The number of piperazine rings is 1. The number of carbonyl (C=O) groups excluding carboxylic acids is 2. The zero-order valence-corrected chi connectivity index (χ0v) is 28.1. The molecule has 0 spiro atoms. The van der Waals surface area contributed by atoms with Gasteiger partial charge in [-0.2, -0.15) is 17.5 Å². The number of hydrogen-bond donors (Lipinski definition) is 0. The molecule has 2 aliphatic rings. The van der Waals surface area contributed by atoms with Crippen molar-refractivity contribution in [1.82, 2.24) is 14.3 Å². The molecule has 14 heteroatoms. The first kappa shape index (κ1) is 35.1. The van der Waals surface area contributed by atoms with Crippen LogP contribution in [0.25, 0.3) is 11.3 Å². The zero-order valence-electron chi connectivity index (χ0n) is 27.2. The first-order chi connectivity index (χ1) is 23.8. The number of aryl methyl sites for hydroxylation is 1. The average Bonchev–Trinajstić information content (AvgIpc) is 3.62. The van der Waals surface area contributed by atoms with Crippen molar-refractivity contribution in [3.8, 4) is 11.3 Å². The Morgan fingerprint density at radius 1 is 0.840 bits per heavy atom. The zero-order chi connectivity index (χ0) is 35.6. The predicted molar refractivity (Wildman–Crippen MR) is 180 cm³/mol. The van der Waals surface area contributed by atoms with Gasteiger partial charge < -0.3 is 9.80 Å². The molecule has 3 heterocycles. The van der Waals surface area contributed by atoms with Crippen molar-refractivity contribution in [2.45, 2.75) is 49.7 Å². The summed E-state index contributed by atoms with van der Waals surface area (Å²) in [6.07, 6.45) is -3.50. The molecule has 1 atom stereocenters. The van der Waals surface area contributed by atoms with Gasteiger partial charge in [0.15, 0.2) is 11.6 Å². The van der Waals surface area contributed by atoms with E-state index in [2.05, 4.69) is 4.90 Å². The number of sulfonamides is 1. The second kappa shape index (κ2) is 14.3. The van der Waals surface area contributed by atoms with Gasteiger partial charge in [0.2, 0.25) is 16.0 Å². The fraction of sp³-hybridized carbons (Fsp3) is 0.333. The molecule has 0 saturated carbocycles. The van der Waals surface area contributed by atoms with E-state index < -0.39 is 33.6 Å². The van der Waals surface area contributed by atoms with Crippen LogP contribution in [-0.4, -0.2) is 73.0 Å². The number of benzene rings is 3. The lowest BCUT2D eigenvalue weighted by molar-refractivity contribution is -0.137. The van der Waals surface area contributed by atoms with Crippen LogP contribution in [0.2, 0.25) is 0 Å². The van der Waals surface area contributed by atoms with Gasteiger partial charge in [0, 0.05) is 61.7 Å². The second-order valence-corrected chi connectivity index (χ2v) is 14.3. The number of ketones is 2. The molecule has 0 N–H and O–H groups in total. The summed E-state index contributed by atoms with van der Waals surface area (Å²) >= 11 is 0. The molecule has 1 aromatic heterocycles. The van der Waals surface area contributed by atoms with Crippen molar-refractivity contribution in [2.24, 2.45) is 0 Å². The Labute approximate surface area is 287 Å². The summed E-state index contributed by atoms with van der Waals surface area (Å²) in [5, 5.41) is 0. The Hall–Kier alpha value is -4.69. The van der Waals surface area contributed by atoms with Gasteiger partial charge in [-0.1, -0.05) is 12.1 Å². The van der Waals surface area contributed by atoms with Crippen molar-refractivity contribution in [1.29, 1.82) is 0 Å². The lowest BCUT2D eigenvalue weighted by atomic mass is 10.0. The summed E-state index contributed by atoms with van der Waals surface area (Å²) in [7, 11) is -4.03. The van der Waals surface area contributed by atoms with Crippen molar-refractivity contribution in [3.63, 3.8) is 0 Å². The largest absolute Gasteiger partial charge is 0.416 e. The van der Waals surface area contributed by atoms with Gasteiger partial charge in [0.05, 0.1) is 22.2 Å². The quantitative estimate of drug-likeness (QED) is 0.142. The molecule has 2 aliphatic heterocycles. The highest BCUT2D eigenvalue weighted by Crippen LogP contribution is 2.32. The van der Waals surface area contributed by atoms with E-state index in [1.165, 1.54) is 35.5 Å². The molecule has 2 saturated heterocycles. The molecule has 50 heavy (non-hydrogen) atoms. The molecule has 4 aromatic rings. The summed E-state index contributed by atoms with van der Waals surface area (Å²) in [5.41, 5.74) is 2.15. The third-order valence-electron chi connectivity index (χ3n) is 9.10. The fourth-order valence-corrected chi connectivity index (χ4v) is 7.99. The molecular weight excluding hydrogens is 674 g/mol. The van der Waals surface area contributed by atoms with Crippen LogP contribution in [0.1, 0.15) is 47.8 Å². The van der Waals surface area contributed by atoms with E-state index in [-0.39, 0.29) is 35.8 Å². The number of carbonyl (C=O) groups is 2. The lowest BCUT2D eigenvalue weighted by Crippen LogP contribution is -2.47. The van der Waals surface area contributed by atoms with Crippen molar-refractivity contribution in [2.75, 3.05) is 42.5 Å². The van der Waals surface area contributed by atoms with E-state index >= 15 is 0 Å². The van der Waals surface area contributed by atoms with Crippen LogP contribution in [0.15, 0.2) is 83.8 Å². The molecule has 9 nitrogen and oxygen atoms in total. The normalized spacial score (nSPS) is 17.3. The maximum Gasteiger partial charge on any atom is 0.416 e. The summed E-state index contributed by atoms with van der Waals surface area (Å²) in [4.78, 5) is 38.7. The Bertz CT molecular complexity index is 1960. The second-order valence-electron chi connectivity index (χ2n) is 12.4. The van der Waals surface area contributed by atoms with Crippen LogP contribution >= 0.6 is 0 Å². The molecule has 0 radical (unpaired) electrons. The van der Waals surface area contributed by atoms with Crippen LogP contribution in [0.5, 0.6) is 0 Å². The van der Waals surface area contributed by atoms with E-state index in [1.807, 2.05) is 17.0 Å². The van der Waals surface area contributed by atoms with Crippen LogP contribution in [0.3, 0.4) is 0 Å². The van der Waals surface area contributed by atoms with Crippen LogP contribution in [0, 0.1) is 5.82 Å². The van der Waals surface area contributed by atoms with Crippen molar-refractivity contribution >= 4 is 33.2 Å². The smallest absolute Gasteiger partial charge is 0.368 e. The first-order valence-electron chi connectivity index (χ1n) is 16.3. The molecule has 0 aliphatic carbocycles. The molecule has 6 rings (SSSR count). The van der Waals surface area contributed by atoms with Crippen LogP contribution in [0.4, 0.5) is 29.2 Å². The molecule has 2 fully saturated rings. The monoisotopic (exact) mass is 709 g/mol. The molecule has 0 unspecified atom stereocenters. The summed E-state index contributed by atoms with van der Waals surface area (Å²) in [6.45, 7) is 4.02. The number of anilines is 2. The topological polar surface area (TPSA) is 104 Å². The standard InChI is InChI=1S/C36H35F4N5O4S/c1-24(46)25-6-13-30(14-7-25)43-19-21-44(22-20-43)35-41-29(23-32(42-35)26-4-8-27(9-5-26)36(38,39)40)12-17-34(47)33-3-2-18-45(33)50(48,49)31-15-10-28(37)11-16-31/h4-11,13-16,23,33H,2-3,12,17-22H2,1H3/t33-/m0/s1. The predicted octanol–water partition coefficient (Wildman–Crippen LogP) is 6.19. The average molecular weight is 710 g/mol. The Kier molecular flexibility index (Phi) is 10.0. The maximum atomic E-state index is 13.5. The van der Waals surface area contributed by atoms with Gasteiger partial charge in [-0.05, 0) is 92.9 Å². The van der Waals surface area contributed by atoms with Crippen molar-refractivity contribution < 1.29 is 35.6 Å². The third kappa shape index (κ3) is 7.71. The minimum atomic E-state index is -4.49. The molecule has 262 valence electrons. The van der Waals surface area contributed by atoms with Crippen LogP contribution < -0.4 is 9.80 Å². The van der Waals surface area contributed by atoms with E-state index in [1.54, 1.807) is 18.2 Å². The first-order valence-corrected chi connectivity index (χ1v) is 17.7. The number of alkyl halides is 3. The number of rotatable bonds is 10. The number of aromatic nitrogens is 2. The summed E-state index contributed by atoms with van der Waals surface area (Å²) in [5.74, 6) is -0.494. The highest BCUT2D eigenvalue weighted by atomic mass is 32.2.